The number of hydrogen-bond donors (Lipinski definition) is 2. The Morgan fingerprint density at radius 2 is 1.87 bits per heavy atom. The number of alkyl halides is 3. The number of aliphatic hydroxyl groups excluding tert-OH is 1. The average Bonchev–Trinajstić information content (AvgIpc) is 2.65. The minimum Gasteiger partial charge on any atom is -0.395 e. The summed E-state index contributed by atoms with van der Waals surface area (Å²) >= 11 is 6.15. The standard InChI is InChI=1S/C20H15ClF4N2O3/c21-15-4-2-13-12(5-6-27(7-8-28)19(13)30)18(15)26-17(29)10-11-1-3-14(16(22)9-11)20(23,24)25/h1-6,9,28H,7-8,10H2,(H,26,29). The van der Waals surface area contributed by atoms with E-state index in [1.807, 2.05) is 0 Å². The van der Waals surface area contributed by atoms with Crippen LogP contribution in [-0.2, 0) is 23.9 Å². The first kappa shape index (κ1) is 21.8. The van der Waals surface area contributed by atoms with Crippen molar-refractivity contribution in [3.63, 3.8) is 0 Å². The van der Waals surface area contributed by atoms with Crippen LogP contribution in [0, 0.1) is 5.82 Å². The predicted octanol–water partition coefficient (Wildman–Crippen LogP) is 3.99. The van der Waals surface area contributed by atoms with Gasteiger partial charge in [0.05, 0.1) is 29.3 Å². The van der Waals surface area contributed by atoms with E-state index in [1.165, 1.54) is 22.9 Å². The summed E-state index contributed by atoms with van der Waals surface area (Å²) in [5.74, 6) is -2.12. The molecule has 1 aromatic heterocycles. The van der Waals surface area contributed by atoms with E-state index in [2.05, 4.69) is 5.32 Å². The Labute approximate surface area is 172 Å². The van der Waals surface area contributed by atoms with Gasteiger partial charge in [0.25, 0.3) is 5.56 Å². The van der Waals surface area contributed by atoms with Crippen molar-refractivity contribution in [2.24, 2.45) is 0 Å². The molecule has 0 atom stereocenters. The Bertz CT molecular complexity index is 1180. The fraction of sp³-hybridized carbons (Fsp3) is 0.200. The number of aliphatic hydroxyl groups is 1. The number of fused-ring (bicyclic) bond motifs is 1. The normalized spacial score (nSPS) is 11.7. The number of aromatic nitrogens is 1. The molecule has 158 valence electrons. The maximum absolute atomic E-state index is 13.7. The molecule has 0 radical (unpaired) electrons. The zero-order valence-corrected chi connectivity index (χ0v) is 16.0. The number of amides is 1. The Morgan fingerprint density at radius 1 is 1.13 bits per heavy atom. The molecule has 0 unspecified atom stereocenters. The van der Waals surface area contributed by atoms with Gasteiger partial charge >= 0.3 is 6.18 Å². The smallest absolute Gasteiger partial charge is 0.395 e. The van der Waals surface area contributed by atoms with Crippen LogP contribution in [0.15, 0.2) is 47.4 Å². The van der Waals surface area contributed by atoms with Gasteiger partial charge in [-0.15, -0.1) is 0 Å². The maximum atomic E-state index is 13.7. The van der Waals surface area contributed by atoms with Crippen molar-refractivity contribution in [2.75, 3.05) is 11.9 Å². The highest BCUT2D eigenvalue weighted by atomic mass is 35.5. The van der Waals surface area contributed by atoms with Crippen molar-refractivity contribution in [1.82, 2.24) is 4.57 Å². The summed E-state index contributed by atoms with van der Waals surface area (Å²) in [7, 11) is 0. The Hall–Kier alpha value is -2.91. The highest BCUT2D eigenvalue weighted by Gasteiger charge is 2.34. The lowest BCUT2D eigenvalue weighted by atomic mass is 10.1. The lowest BCUT2D eigenvalue weighted by molar-refractivity contribution is -0.140. The third kappa shape index (κ3) is 4.47. The van der Waals surface area contributed by atoms with E-state index in [0.29, 0.717) is 17.5 Å². The number of hydrogen-bond acceptors (Lipinski definition) is 3. The third-order valence-corrected chi connectivity index (χ3v) is 4.73. The fourth-order valence-electron chi connectivity index (χ4n) is 3.02. The van der Waals surface area contributed by atoms with Crippen LogP contribution in [-0.4, -0.2) is 22.2 Å². The van der Waals surface area contributed by atoms with Crippen LogP contribution in [0.4, 0.5) is 23.2 Å². The van der Waals surface area contributed by atoms with Crippen molar-refractivity contribution >= 4 is 34.0 Å². The molecule has 1 amide bonds. The van der Waals surface area contributed by atoms with Gasteiger partial charge < -0.3 is 15.0 Å². The van der Waals surface area contributed by atoms with Gasteiger partial charge in [0.1, 0.15) is 5.82 Å². The van der Waals surface area contributed by atoms with Crippen molar-refractivity contribution in [3.8, 4) is 0 Å². The van der Waals surface area contributed by atoms with Gasteiger partial charge in [-0.25, -0.2) is 4.39 Å². The van der Waals surface area contributed by atoms with Gasteiger partial charge in [-0.1, -0.05) is 17.7 Å². The zero-order valence-electron chi connectivity index (χ0n) is 15.3. The third-order valence-electron chi connectivity index (χ3n) is 4.42. The SMILES string of the molecule is O=C(Cc1ccc(C(F)(F)F)c(F)c1)Nc1c(Cl)ccc2c(=O)n(CCO)ccc12. The lowest BCUT2D eigenvalue weighted by Crippen LogP contribution is -2.22. The molecule has 2 aromatic carbocycles. The van der Waals surface area contributed by atoms with Gasteiger partial charge in [-0.2, -0.15) is 13.2 Å². The van der Waals surface area contributed by atoms with Crippen LogP contribution in [0.2, 0.25) is 5.02 Å². The molecular formula is C20H15ClF4N2O3. The van der Waals surface area contributed by atoms with E-state index in [-0.39, 0.29) is 34.8 Å². The number of anilines is 1. The first-order valence-corrected chi connectivity index (χ1v) is 9.07. The van der Waals surface area contributed by atoms with Crippen molar-refractivity contribution in [3.05, 3.63) is 74.9 Å². The zero-order chi connectivity index (χ0) is 22.1. The number of benzene rings is 2. The van der Waals surface area contributed by atoms with Gasteiger partial charge in [0, 0.05) is 23.5 Å². The first-order chi connectivity index (χ1) is 14.1. The van der Waals surface area contributed by atoms with Gasteiger partial charge in [-0.05, 0) is 35.9 Å². The van der Waals surface area contributed by atoms with Gasteiger partial charge in [0.2, 0.25) is 5.91 Å². The van der Waals surface area contributed by atoms with Crippen LogP contribution in [0.25, 0.3) is 10.8 Å². The highest BCUT2D eigenvalue weighted by Crippen LogP contribution is 2.32. The second kappa shape index (κ2) is 8.45. The summed E-state index contributed by atoms with van der Waals surface area (Å²) in [6, 6.07) is 6.69. The number of rotatable bonds is 5. The number of pyridine rings is 1. The quantitative estimate of drug-likeness (QED) is 0.587. The summed E-state index contributed by atoms with van der Waals surface area (Å²) < 4.78 is 53.0. The molecular weight excluding hydrogens is 428 g/mol. The van der Waals surface area contributed by atoms with E-state index in [1.54, 1.807) is 6.07 Å². The number of carbonyl (C=O) groups is 1. The van der Waals surface area contributed by atoms with Crippen LogP contribution < -0.4 is 10.9 Å². The van der Waals surface area contributed by atoms with E-state index >= 15 is 0 Å². The minimum absolute atomic E-state index is 0.0414. The van der Waals surface area contributed by atoms with E-state index in [9.17, 15) is 27.2 Å². The second-order valence-corrected chi connectivity index (χ2v) is 6.87. The minimum atomic E-state index is -4.83. The van der Waals surface area contributed by atoms with Crippen LogP contribution in [0.5, 0.6) is 0 Å². The molecule has 0 aliphatic rings. The van der Waals surface area contributed by atoms with E-state index in [0.717, 1.165) is 6.07 Å². The summed E-state index contributed by atoms with van der Waals surface area (Å²) in [6.07, 6.45) is -3.79. The molecule has 3 aromatic rings. The molecule has 0 aliphatic heterocycles. The number of nitrogens with one attached hydrogen (secondary N) is 1. The second-order valence-electron chi connectivity index (χ2n) is 6.46. The Balaban J connectivity index is 1.88. The molecule has 10 heteroatoms. The topological polar surface area (TPSA) is 71.3 Å². The van der Waals surface area contributed by atoms with Crippen molar-refractivity contribution in [2.45, 2.75) is 19.1 Å². The maximum Gasteiger partial charge on any atom is 0.419 e. The molecule has 0 saturated heterocycles. The molecule has 0 aliphatic carbocycles. The van der Waals surface area contributed by atoms with Crippen LogP contribution >= 0.6 is 11.6 Å². The molecule has 1 heterocycles. The molecule has 0 bridgehead atoms. The highest BCUT2D eigenvalue weighted by molar-refractivity contribution is 6.35. The predicted molar refractivity (Wildman–Crippen MR) is 104 cm³/mol. The molecule has 30 heavy (non-hydrogen) atoms. The number of nitrogens with zero attached hydrogens (tertiary/aromatic N) is 1. The molecule has 0 fully saturated rings. The average molecular weight is 443 g/mol. The Morgan fingerprint density at radius 3 is 2.50 bits per heavy atom. The number of carbonyl (C=O) groups excluding carboxylic acids is 1. The summed E-state index contributed by atoms with van der Waals surface area (Å²) in [5.41, 5.74) is -1.61. The number of halogens is 5. The molecule has 0 saturated carbocycles. The summed E-state index contributed by atoms with van der Waals surface area (Å²) in [4.78, 5) is 24.9. The molecule has 5 nitrogen and oxygen atoms in total. The molecule has 3 rings (SSSR count). The summed E-state index contributed by atoms with van der Waals surface area (Å²) in [6.45, 7) is -0.134. The van der Waals surface area contributed by atoms with Crippen LogP contribution in [0.1, 0.15) is 11.1 Å². The van der Waals surface area contributed by atoms with Crippen molar-refractivity contribution < 1.29 is 27.5 Å². The fourth-order valence-corrected chi connectivity index (χ4v) is 3.23. The largest absolute Gasteiger partial charge is 0.419 e. The van der Waals surface area contributed by atoms with E-state index in [4.69, 9.17) is 16.7 Å². The van der Waals surface area contributed by atoms with E-state index < -0.39 is 35.4 Å². The Kier molecular flexibility index (Phi) is 6.14. The summed E-state index contributed by atoms with van der Waals surface area (Å²) in [5, 5.41) is 12.3. The molecule has 0 spiro atoms. The molecule has 2 N–H and O–H groups in total. The lowest BCUT2D eigenvalue weighted by Gasteiger charge is -2.13. The monoisotopic (exact) mass is 442 g/mol. The first-order valence-electron chi connectivity index (χ1n) is 8.70. The van der Waals surface area contributed by atoms with Crippen molar-refractivity contribution in [1.29, 1.82) is 0 Å². The van der Waals surface area contributed by atoms with Gasteiger partial charge in [0.15, 0.2) is 0 Å². The van der Waals surface area contributed by atoms with Crippen LogP contribution in [0.3, 0.4) is 0 Å². The van der Waals surface area contributed by atoms with Gasteiger partial charge in [-0.3, -0.25) is 9.59 Å².